The van der Waals surface area contributed by atoms with E-state index in [4.69, 9.17) is 5.73 Å². The van der Waals surface area contributed by atoms with Crippen LogP contribution in [0.5, 0.6) is 0 Å². The molecule has 0 aliphatic rings. The SMILES string of the molecule is CC(C)c1ccnc(N)c1.Cc1ncc(C(C)C)cn1. The number of aryl methyl sites for hydroxylation is 1. The summed E-state index contributed by atoms with van der Waals surface area (Å²) in [5.74, 6) is 2.50. The number of hydrogen-bond acceptors (Lipinski definition) is 4. The summed E-state index contributed by atoms with van der Waals surface area (Å²) < 4.78 is 0. The van der Waals surface area contributed by atoms with Crippen molar-refractivity contribution in [2.75, 3.05) is 5.73 Å². The second-order valence-corrected chi connectivity index (χ2v) is 5.39. The van der Waals surface area contributed by atoms with Gasteiger partial charge in [0.1, 0.15) is 11.6 Å². The summed E-state index contributed by atoms with van der Waals surface area (Å²) in [5.41, 5.74) is 7.93. The zero-order valence-corrected chi connectivity index (χ0v) is 13.0. The zero-order chi connectivity index (χ0) is 15.1. The van der Waals surface area contributed by atoms with Crippen molar-refractivity contribution in [1.82, 2.24) is 15.0 Å². The van der Waals surface area contributed by atoms with Gasteiger partial charge in [-0.05, 0) is 42.0 Å². The predicted octanol–water partition coefficient (Wildman–Crippen LogP) is 3.70. The molecule has 0 radical (unpaired) electrons. The molecule has 0 atom stereocenters. The highest BCUT2D eigenvalue weighted by Crippen LogP contribution is 2.14. The number of nitrogens with two attached hydrogens (primary N) is 1. The molecule has 0 fully saturated rings. The number of hydrogen-bond donors (Lipinski definition) is 1. The topological polar surface area (TPSA) is 64.7 Å². The Balaban J connectivity index is 0.000000200. The molecule has 0 saturated heterocycles. The van der Waals surface area contributed by atoms with E-state index in [-0.39, 0.29) is 0 Å². The molecule has 20 heavy (non-hydrogen) atoms. The van der Waals surface area contributed by atoms with Gasteiger partial charge in [0.05, 0.1) is 0 Å². The fourth-order valence-corrected chi connectivity index (χ4v) is 1.53. The van der Waals surface area contributed by atoms with Gasteiger partial charge in [0.15, 0.2) is 0 Å². The van der Waals surface area contributed by atoms with Crippen LogP contribution in [0.25, 0.3) is 0 Å². The summed E-state index contributed by atoms with van der Waals surface area (Å²) in [6.07, 6.45) is 5.50. The van der Waals surface area contributed by atoms with E-state index in [1.807, 2.05) is 31.5 Å². The van der Waals surface area contributed by atoms with Gasteiger partial charge in [0, 0.05) is 18.6 Å². The first-order chi connectivity index (χ1) is 9.40. The van der Waals surface area contributed by atoms with Gasteiger partial charge >= 0.3 is 0 Å². The first kappa shape index (κ1) is 16.1. The lowest BCUT2D eigenvalue weighted by Crippen LogP contribution is -1.93. The molecule has 2 heterocycles. The van der Waals surface area contributed by atoms with Crippen LogP contribution in [0, 0.1) is 6.92 Å². The third-order valence-electron chi connectivity index (χ3n) is 2.94. The quantitative estimate of drug-likeness (QED) is 0.905. The van der Waals surface area contributed by atoms with E-state index < -0.39 is 0 Å². The molecular formula is C16H24N4. The van der Waals surface area contributed by atoms with Crippen LogP contribution in [0.1, 0.15) is 56.5 Å². The van der Waals surface area contributed by atoms with Crippen LogP contribution in [0.2, 0.25) is 0 Å². The second-order valence-electron chi connectivity index (χ2n) is 5.39. The largest absolute Gasteiger partial charge is 0.384 e. The normalized spacial score (nSPS) is 10.3. The fraction of sp³-hybridized carbons (Fsp3) is 0.438. The predicted molar refractivity (Wildman–Crippen MR) is 83.6 cm³/mol. The molecule has 0 unspecified atom stereocenters. The van der Waals surface area contributed by atoms with Gasteiger partial charge in [0.2, 0.25) is 0 Å². The number of pyridine rings is 1. The highest BCUT2D eigenvalue weighted by Gasteiger charge is 1.98. The van der Waals surface area contributed by atoms with Crippen molar-refractivity contribution in [3.8, 4) is 0 Å². The lowest BCUT2D eigenvalue weighted by Gasteiger charge is -2.03. The molecule has 0 amide bonds. The molecule has 0 saturated carbocycles. The Kier molecular flexibility index (Phi) is 6.10. The number of anilines is 1. The molecule has 0 aliphatic heterocycles. The van der Waals surface area contributed by atoms with Gasteiger partial charge in [-0.1, -0.05) is 27.7 Å². The van der Waals surface area contributed by atoms with Crippen molar-refractivity contribution >= 4 is 5.82 Å². The molecule has 0 aromatic carbocycles. The Morgan fingerprint density at radius 1 is 0.900 bits per heavy atom. The second kappa shape index (κ2) is 7.58. The Labute approximate surface area is 121 Å². The number of nitrogens with zero attached hydrogens (tertiary/aromatic N) is 3. The van der Waals surface area contributed by atoms with Crippen molar-refractivity contribution in [2.45, 2.75) is 46.5 Å². The third-order valence-corrected chi connectivity index (χ3v) is 2.94. The van der Waals surface area contributed by atoms with E-state index in [1.54, 1.807) is 6.20 Å². The smallest absolute Gasteiger partial charge is 0.125 e. The Morgan fingerprint density at radius 2 is 1.45 bits per heavy atom. The Hall–Kier alpha value is -1.97. The summed E-state index contributed by atoms with van der Waals surface area (Å²) in [6, 6.07) is 3.89. The molecule has 0 aliphatic carbocycles. The average Bonchev–Trinajstić information content (AvgIpc) is 2.40. The van der Waals surface area contributed by atoms with E-state index in [1.165, 1.54) is 11.1 Å². The summed E-state index contributed by atoms with van der Waals surface area (Å²) in [6.45, 7) is 10.4. The van der Waals surface area contributed by atoms with Gasteiger partial charge in [0.25, 0.3) is 0 Å². The molecule has 2 rings (SSSR count). The van der Waals surface area contributed by atoms with Gasteiger partial charge in [-0.15, -0.1) is 0 Å². The van der Waals surface area contributed by atoms with Crippen LogP contribution in [0.15, 0.2) is 30.7 Å². The van der Waals surface area contributed by atoms with E-state index in [0.717, 1.165) is 5.82 Å². The number of rotatable bonds is 2. The van der Waals surface area contributed by atoms with Gasteiger partial charge in [-0.3, -0.25) is 0 Å². The minimum atomic E-state index is 0.528. The highest BCUT2D eigenvalue weighted by atomic mass is 14.8. The van der Waals surface area contributed by atoms with Crippen LogP contribution in [0.3, 0.4) is 0 Å². The van der Waals surface area contributed by atoms with Gasteiger partial charge in [-0.25, -0.2) is 15.0 Å². The van der Waals surface area contributed by atoms with Gasteiger partial charge in [-0.2, -0.15) is 0 Å². The molecule has 108 valence electrons. The van der Waals surface area contributed by atoms with Crippen LogP contribution in [-0.2, 0) is 0 Å². The summed E-state index contributed by atoms with van der Waals surface area (Å²) in [7, 11) is 0. The van der Waals surface area contributed by atoms with E-state index >= 15 is 0 Å². The van der Waals surface area contributed by atoms with Crippen LogP contribution < -0.4 is 5.73 Å². The molecule has 2 N–H and O–H groups in total. The van der Waals surface area contributed by atoms with Crippen molar-refractivity contribution in [3.63, 3.8) is 0 Å². The number of aromatic nitrogens is 3. The minimum absolute atomic E-state index is 0.528. The van der Waals surface area contributed by atoms with E-state index in [2.05, 4.69) is 42.6 Å². The molecular weight excluding hydrogens is 248 g/mol. The van der Waals surface area contributed by atoms with Crippen molar-refractivity contribution in [1.29, 1.82) is 0 Å². The van der Waals surface area contributed by atoms with Crippen molar-refractivity contribution in [3.05, 3.63) is 47.7 Å². The molecule has 0 bridgehead atoms. The van der Waals surface area contributed by atoms with E-state index in [9.17, 15) is 0 Å². The zero-order valence-electron chi connectivity index (χ0n) is 13.0. The molecule has 4 heteroatoms. The maximum Gasteiger partial charge on any atom is 0.125 e. The first-order valence-corrected chi connectivity index (χ1v) is 6.90. The van der Waals surface area contributed by atoms with Gasteiger partial charge < -0.3 is 5.73 Å². The summed E-state index contributed by atoms with van der Waals surface area (Å²) in [5, 5.41) is 0. The van der Waals surface area contributed by atoms with E-state index in [0.29, 0.717) is 17.7 Å². The van der Waals surface area contributed by atoms with Crippen LogP contribution >= 0.6 is 0 Å². The molecule has 2 aromatic rings. The number of nitrogen functional groups attached to an aromatic ring is 1. The maximum atomic E-state index is 5.49. The first-order valence-electron chi connectivity index (χ1n) is 6.90. The Bertz CT molecular complexity index is 518. The van der Waals surface area contributed by atoms with Crippen molar-refractivity contribution in [2.24, 2.45) is 0 Å². The summed E-state index contributed by atoms with van der Waals surface area (Å²) >= 11 is 0. The monoisotopic (exact) mass is 272 g/mol. The minimum Gasteiger partial charge on any atom is -0.384 e. The Morgan fingerprint density at radius 3 is 1.85 bits per heavy atom. The molecule has 0 spiro atoms. The standard InChI is InChI=1S/2C8H12N2/c1-6(2)8-4-9-7(3)10-5-8;1-6(2)7-3-4-10-8(9)5-7/h4-6H,1-3H3;3-6H,1-2H3,(H2,9,10). The molecule has 2 aromatic heterocycles. The van der Waals surface area contributed by atoms with Crippen molar-refractivity contribution < 1.29 is 0 Å². The average molecular weight is 272 g/mol. The lowest BCUT2D eigenvalue weighted by molar-refractivity contribution is 0.837. The lowest BCUT2D eigenvalue weighted by atomic mass is 10.1. The third kappa shape index (κ3) is 5.34. The fourth-order valence-electron chi connectivity index (χ4n) is 1.53. The molecule has 4 nitrogen and oxygen atoms in total. The summed E-state index contributed by atoms with van der Waals surface area (Å²) in [4.78, 5) is 12.1. The highest BCUT2D eigenvalue weighted by molar-refractivity contribution is 5.33. The van der Waals surface area contributed by atoms with Crippen LogP contribution in [-0.4, -0.2) is 15.0 Å². The van der Waals surface area contributed by atoms with Crippen LogP contribution in [0.4, 0.5) is 5.82 Å². The maximum absolute atomic E-state index is 5.49.